The number of nitro groups is 1. The Morgan fingerprint density at radius 1 is 1.40 bits per heavy atom. The van der Waals surface area contributed by atoms with Crippen LogP contribution in [0.15, 0.2) is 29.0 Å². The van der Waals surface area contributed by atoms with Crippen LogP contribution in [-0.2, 0) is 0 Å². The quantitative estimate of drug-likeness (QED) is 0.671. The number of hydrogen-bond donors (Lipinski definition) is 1. The number of anilines is 1. The van der Waals surface area contributed by atoms with E-state index in [-0.39, 0.29) is 23.1 Å². The SMILES string of the molecule is COc1ccc([N+](=O)[O-])c(Oc2ncnc(N)c2Br)c1. The first-order valence-electron chi connectivity index (χ1n) is 5.29. The number of benzene rings is 1. The smallest absolute Gasteiger partial charge is 0.311 e. The summed E-state index contributed by atoms with van der Waals surface area (Å²) in [5.74, 6) is 0.659. The number of hydrogen-bond acceptors (Lipinski definition) is 7. The van der Waals surface area contributed by atoms with E-state index in [4.69, 9.17) is 15.2 Å². The van der Waals surface area contributed by atoms with Gasteiger partial charge in [-0.1, -0.05) is 0 Å². The Morgan fingerprint density at radius 2 is 2.15 bits per heavy atom. The highest BCUT2D eigenvalue weighted by Gasteiger charge is 2.19. The van der Waals surface area contributed by atoms with Crippen molar-refractivity contribution in [2.75, 3.05) is 12.8 Å². The maximum absolute atomic E-state index is 11.0. The van der Waals surface area contributed by atoms with Crippen molar-refractivity contribution in [2.24, 2.45) is 0 Å². The monoisotopic (exact) mass is 340 g/mol. The van der Waals surface area contributed by atoms with Crippen LogP contribution in [0.2, 0.25) is 0 Å². The summed E-state index contributed by atoms with van der Waals surface area (Å²) < 4.78 is 10.8. The molecule has 0 bridgehead atoms. The fourth-order valence-corrected chi connectivity index (χ4v) is 1.68. The topological polar surface area (TPSA) is 113 Å². The summed E-state index contributed by atoms with van der Waals surface area (Å²) in [5, 5.41) is 11.0. The first-order valence-corrected chi connectivity index (χ1v) is 6.08. The Hall–Kier alpha value is -2.42. The van der Waals surface area contributed by atoms with Crippen LogP contribution < -0.4 is 15.2 Å². The molecule has 2 N–H and O–H groups in total. The largest absolute Gasteiger partial charge is 0.497 e. The van der Waals surface area contributed by atoms with Gasteiger partial charge in [0, 0.05) is 12.1 Å². The minimum Gasteiger partial charge on any atom is -0.497 e. The molecule has 2 rings (SSSR count). The fraction of sp³-hybridized carbons (Fsp3) is 0.0909. The first kappa shape index (κ1) is 14.0. The maximum atomic E-state index is 11.0. The Balaban J connectivity index is 2.46. The third-order valence-electron chi connectivity index (χ3n) is 2.35. The molecular formula is C11H9BrN4O4. The van der Waals surface area contributed by atoms with Crippen molar-refractivity contribution in [1.29, 1.82) is 0 Å². The molecule has 0 aliphatic heterocycles. The van der Waals surface area contributed by atoms with Gasteiger partial charge in [0.05, 0.1) is 12.0 Å². The maximum Gasteiger partial charge on any atom is 0.311 e. The number of ether oxygens (including phenoxy) is 2. The molecule has 1 aromatic heterocycles. The lowest BCUT2D eigenvalue weighted by atomic mass is 10.3. The van der Waals surface area contributed by atoms with Crippen LogP contribution in [0, 0.1) is 10.1 Å². The highest BCUT2D eigenvalue weighted by atomic mass is 79.9. The number of nitro benzene ring substituents is 1. The molecule has 0 aliphatic rings. The molecule has 0 fully saturated rings. The molecule has 1 aromatic carbocycles. The summed E-state index contributed by atoms with van der Waals surface area (Å²) in [6.07, 6.45) is 1.20. The molecule has 0 radical (unpaired) electrons. The molecule has 9 heteroatoms. The highest BCUT2D eigenvalue weighted by Crippen LogP contribution is 2.37. The highest BCUT2D eigenvalue weighted by molar-refractivity contribution is 9.10. The van der Waals surface area contributed by atoms with E-state index in [2.05, 4.69) is 25.9 Å². The van der Waals surface area contributed by atoms with Gasteiger partial charge >= 0.3 is 5.69 Å². The molecule has 1 heterocycles. The van der Waals surface area contributed by atoms with Gasteiger partial charge in [-0.3, -0.25) is 10.1 Å². The Labute approximate surface area is 121 Å². The van der Waals surface area contributed by atoms with E-state index in [9.17, 15) is 10.1 Å². The average molecular weight is 341 g/mol. The van der Waals surface area contributed by atoms with E-state index >= 15 is 0 Å². The molecule has 0 spiro atoms. The standard InChI is InChI=1S/C11H9BrN4O4/c1-19-6-2-3-7(16(17)18)8(4-6)20-11-9(12)10(13)14-5-15-11/h2-5H,1H3,(H2,13,14,15). The Kier molecular flexibility index (Phi) is 3.99. The van der Waals surface area contributed by atoms with E-state index in [0.717, 1.165) is 0 Å². The summed E-state index contributed by atoms with van der Waals surface area (Å²) in [6.45, 7) is 0. The minimum atomic E-state index is -0.562. The van der Waals surface area contributed by atoms with Crippen LogP contribution >= 0.6 is 15.9 Å². The van der Waals surface area contributed by atoms with Gasteiger partial charge in [0.1, 0.15) is 22.4 Å². The van der Waals surface area contributed by atoms with Crippen molar-refractivity contribution < 1.29 is 14.4 Å². The number of nitrogen functional groups attached to an aromatic ring is 1. The van der Waals surface area contributed by atoms with Crippen LogP contribution in [0.1, 0.15) is 0 Å². The van der Waals surface area contributed by atoms with Crippen molar-refractivity contribution in [1.82, 2.24) is 9.97 Å². The lowest BCUT2D eigenvalue weighted by Crippen LogP contribution is -1.99. The van der Waals surface area contributed by atoms with Crippen LogP contribution in [0.25, 0.3) is 0 Å². The normalized spacial score (nSPS) is 10.1. The van der Waals surface area contributed by atoms with Crippen molar-refractivity contribution in [2.45, 2.75) is 0 Å². The van der Waals surface area contributed by atoms with Gasteiger partial charge < -0.3 is 15.2 Å². The summed E-state index contributed by atoms with van der Waals surface area (Å²) in [5.41, 5.74) is 5.38. The van der Waals surface area contributed by atoms with Gasteiger partial charge in [-0.2, -0.15) is 0 Å². The van der Waals surface area contributed by atoms with Crippen LogP contribution in [0.5, 0.6) is 17.4 Å². The fourth-order valence-electron chi connectivity index (χ4n) is 1.40. The summed E-state index contributed by atoms with van der Waals surface area (Å²) in [4.78, 5) is 18.0. The zero-order chi connectivity index (χ0) is 14.7. The van der Waals surface area contributed by atoms with Gasteiger partial charge in [-0.05, 0) is 22.0 Å². The van der Waals surface area contributed by atoms with Crippen LogP contribution in [-0.4, -0.2) is 22.0 Å². The number of rotatable bonds is 4. The lowest BCUT2D eigenvalue weighted by molar-refractivity contribution is -0.385. The predicted molar refractivity (Wildman–Crippen MR) is 73.9 cm³/mol. The van der Waals surface area contributed by atoms with Crippen molar-refractivity contribution in [3.63, 3.8) is 0 Å². The molecule has 8 nitrogen and oxygen atoms in total. The molecule has 104 valence electrons. The second-order valence-corrected chi connectivity index (χ2v) is 4.36. The third kappa shape index (κ3) is 2.77. The zero-order valence-corrected chi connectivity index (χ0v) is 11.8. The molecule has 0 saturated carbocycles. The molecule has 0 atom stereocenters. The molecular weight excluding hydrogens is 332 g/mol. The van der Waals surface area contributed by atoms with Crippen molar-refractivity contribution in [3.8, 4) is 17.4 Å². The second-order valence-electron chi connectivity index (χ2n) is 3.57. The Morgan fingerprint density at radius 3 is 2.80 bits per heavy atom. The van der Waals surface area contributed by atoms with Crippen LogP contribution in [0.4, 0.5) is 11.5 Å². The molecule has 0 amide bonds. The van der Waals surface area contributed by atoms with Crippen molar-refractivity contribution >= 4 is 27.4 Å². The van der Waals surface area contributed by atoms with Gasteiger partial charge in [0.25, 0.3) is 0 Å². The number of halogens is 1. The number of methoxy groups -OCH3 is 1. The van der Waals surface area contributed by atoms with E-state index in [0.29, 0.717) is 10.2 Å². The zero-order valence-electron chi connectivity index (χ0n) is 10.2. The lowest BCUT2D eigenvalue weighted by Gasteiger charge is -2.09. The number of aromatic nitrogens is 2. The third-order valence-corrected chi connectivity index (χ3v) is 3.10. The molecule has 20 heavy (non-hydrogen) atoms. The van der Waals surface area contributed by atoms with E-state index in [1.165, 1.54) is 31.6 Å². The van der Waals surface area contributed by atoms with Gasteiger partial charge in [-0.15, -0.1) is 0 Å². The molecule has 0 aliphatic carbocycles. The average Bonchev–Trinajstić information content (AvgIpc) is 2.43. The van der Waals surface area contributed by atoms with Crippen LogP contribution in [0.3, 0.4) is 0 Å². The number of nitrogens with zero attached hydrogens (tertiary/aromatic N) is 3. The summed E-state index contributed by atoms with van der Waals surface area (Å²) in [6, 6.07) is 4.14. The summed E-state index contributed by atoms with van der Waals surface area (Å²) in [7, 11) is 1.45. The van der Waals surface area contributed by atoms with Crippen molar-refractivity contribution in [3.05, 3.63) is 39.1 Å². The summed E-state index contributed by atoms with van der Waals surface area (Å²) >= 11 is 3.16. The van der Waals surface area contributed by atoms with Gasteiger partial charge in [0.2, 0.25) is 11.6 Å². The molecule has 0 unspecified atom stereocenters. The predicted octanol–water partition coefficient (Wildman–Crippen LogP) is 2.53. The van der Waals surface area contributed by atoms with E-state index in [1.807, 2.05) is 0 Å². The second kappa shape index (κ2) is 5.70. The van der Waals surface area contributed by atoms with Gasteiger partial charge in [-0.25, -0.2) is 9.97 Å². The molecule has 2 aromatic rings. The van der Waals surface area contributed by atoms with E-state index < -0.39 is 4.92 Å². The number of nitrogens with two attached hydrogens (primary N) is 1. The minimum absolute atomic E-state index is 0.00634. The Bertz CT molecular complexity index is 665. The first-order chi connectivity index (χ1) is 9.52. The van der Waals surface area contributed by atoms with Gasteiger partial charge in [0.15, 0.2) is 0 Å². The van der Waals surface area contributed by atoms with E-state index in [1.54, 1.807) is 0 Å². The molecule has 0 saturated heterocycles.